The number of hydrogen-bond donors (Lipinski definition) is 2. The Hall–Kier alpha value is -2.87. The fourth-order valence-electron chi connectivity index (χ4n) is 4.07. The molecule has 0 spiro atoms. The second kappa shape index (κ2) is 9.55. The third-order valence-electron chi connectivity index (χ3n) is 5.63. The molecule has 4 nitrogen and oxygen atoms in total. The number of esters is 1. The van der Waals surface area contributed by atoms with Crippen LogP contribution in [0.2, 0.25) is 5.02 Å². The van der Waals surface area contributed by atoms with E-state index in [9.17, 15) is 18.0 Å². The Balaban J connectivity index is 1.71. The molecule has 1 aliphatic rings. The number of carbonyl (C=O) groups is 1. The summed E-state index contributed by atoms with van der Waals surface area (Å²) in [7, 11) is 0. The summed E-state index contributed by atoms with van der Waals surface area (Å²) in [5, 5.41) is 6.82. The maximum atomic E-state index is 13.2. The van der Waals surface area contributed by atoms with E-state index in [0.717, 1.165) is 16.7 Å². The van der Waals surface area contributed by atoms with E-state index < -0.39 is 30.1 Å². The third kappa shape index (κ3) is 5.38. The Morgan fingerprint density at radius 3 is 1.82 bits per heavy atom. The van der Waals surface area contributed by atoms with Gasteiger partial charge < -0.3 is 4.74 Å². The molecule has 0 amide bonds. The van der Waals surface area contributed by atoms with Gasteiger partial charge in [0, 0.05) is 11.4 Å². The van der Waals surface area contributed by atoms with Gasteiger partial charge in [0.05, 0.1) is 12.1 Å². The summed E-state index contributed by atoms with van der Waals surface area (Å²) < 4.78 is 44.7. The van der Waals surface area contributed by atoms with Gasteiger partial charge >= 0.3 is 12.1 Å². The number of ether oxygens (including phenoxy) is 1. The molecule has 33 heavy (non-hydrogen) atoms. The first kappa shape index (κ1) is 23.3. The highest BCUT2D eigenvalue weighted by atomic mass is 35.5. The van der Waals surface area contributed by atoms with E-state index in [1.807, 2.05) is 60.7 Å². The average molecular weight is 475 g/mol. The molecule has 172 valence electrons. The summed E-state index contributed by atoms with van der Waals surface area (Å²) in [5.74, 6) is -4.02. The first-order valence-corrected chi connectivity index (χ1v) is 10.8. The van der Waals surface area contributed by atoms with Crippen LogP contribution in [-0.4, -0.2) is 18.0 Å². The largest absolute Gasteiger partial charge is 0.491 e. The lowest BCUT2D eigenvalue weighted by atomic mass is 9.95. The van der Waals surface area contributed by atoms with Gasteiger partial charge in [-0.3, -0.25) is 10.6 Å². The van der Waals surface area contributed by atoms with E-state index in [4.69, 9.17) is 16.3 Å². The maximum absolute atomic E-state index is 13.2. The van der Waals surface area contributed by atoms with Crippen LogP contribution in [0.3, 0.4) is 0 Å². The maximum Gasteiger partial charge on any atom is 0.491 e. The minimum absolute atomic E-state index is 0.0330. The molecule has 0 bridgehead atoms. The molecule has 2 N–H and O–H groups in total. The van der Waals surface area contributed by atoms with Crippen molar-refractivity contribution in [2.24, 2.45) is 0 Å². The second-order valence-electron chi connectivity index (χ2n) is 7.87. The van der Waals surface area contributed by atoms with E-state index in [-0.39, 0.29) is 12.8 Å². The highest BCUT2D eigenvalue weighted by Gasteiger charge is 2.52. The van der Waals surface area contributed by atoms with Gasteiger partial charge in [0.2, 0.25) is 5.85 Å². The summed E-state index contributed by atoms with van der Waals surface area (Å²) in [4.78, 5) is 11.9. The van der Waals surface area contributed by atoms with Crippen molar-refractivity contribution in [2.45, 2.75) is 37.0 Å². The molecule has 0 saturated carbocycles. The molecule has 4 rings (SSSR count). The lowest BCUT2D eigenvalue weighted by Gasteiger charge is -2.31. The number of hydrogen-bond acceptors (Lipinski definition) is 4. The van der Waals surface area contributed by atoms with Crippen molar-refractivity contribution in [2.75, 3.05) is 0 Å². The minimum atomic E-state index is -5.13. The highest BCUT2D eigenvalue weighted by molar-refractivity contribution is 6.31. The zero-order chi connectivity index (χ0) is 23.5. The van der Waals surface area contributed by atoms with Crippen molar-refractivity contribution < 1.29 is 22.7 Å². The van der Waals surface area contributed by atoms with Crippen molar-refractivity contribution in [1.29, 1.82) is 0 Å². The van der Waals surface area contributed by atoms with Crippen LogP contribution in [0.5, 0.6) is 0 Å². The van der Waals surface area contributed by atoms with Gasteiger partial charge in [-0.15, -0.1) is 0 Å². The molecule has 1 saturated heterocycles. The molecule has 0 aliphatic carbocycles. The van der Waals surface area contributed by atoms with Crippen molar-refractivity contribution in [1.82, 2.24) is 10.6 Å². The topological polar surface area (TPSA) is 50.4 Å². The van der Waals surface area contributed by atoms with Gasteiger partial charge in [-0.2, -0.15) is 13.2 Å². The molecule has 2 atom stereocenters. The molecule has 0 aromatic heterocycles. The third-order valence-corrected chi connectivity index (χ3v) is 6.00. The summed E-state index contributed by atoms with van der Waals surface area (Å²) in [6.45, 7) is 0. The predicted molar refractivity (Wildman–Crippen MR) is 119 cm³/mol. The number of halogens is 4. The van der Waals surface area contributed by atoms with E-state index in [1.54, 1.807) is 24.3 Å². The van der Waals surface area contributed by atoms with Crippen LogP contribution in [-0.2, 0) is 16.0 Å². The Morgan fingerprint density at radius 2 is 1.33 bits per heavy atom. The molecule has 1 fully saturated rings. The summed E-state index contributed by atoms with van der Waals surface area (Å²) in [5.41, 5.74) is 2.44. The van der Waals surface area contributed by atoms with E-state index in [2.05, 4.69) is 10.6 Å². The number of aryl methyl sites for hydroxylation is 1. The lowest BCUT2D eigenvalue weighted by molar-refractivity contribution is -0.219. The summed E-state index contributed by atoms with van der Waals surface area (Å²) in [6.07, 6.45) is -4.81. The van der Waals surface area contributed by atoms with E-state index >= 15 is 0 Å². The molecular formula is C25H22ClF3N2O2. The predicted octanol–water partition coefficient (Wildman–Crippen LogP) is 5.71. The number of alkyl halides is 3. The molecule has 3 aromatic rings. The van der Waals surface area contributed by atoms with Gasteiger partial charge in [-0.05, 0) is 29.2 Å². The van der Waals surface area contributed by atoms with Crippen LogP contribution < -0.4 is 10.6 Å². The summed E-state index contributed by atoms with van der Waals surface area (Å²) >= 11 is 6.25. The zero-order valence-corrected chi connectivity index (χ0v) is 18.2. The number of nitrogens with one attached hydrogen (secondary N) is 2. The highest BCUT2D eigenvalue weighted by Crippen LogP contribution is 2.40. The van der Waals surface area contributed by atoms with Crippen LogP contribution in [0.4, 0.5) is 13.2 Å². The van der Waals surface area contributed by atoms with E-state index in [1.165, 1.54) is 0 Å². The van der Waals surface area contributed by atoms with Crippen LogP contribution in [0.1, 0.15) is 35.2 Å². The molecule has 2 unspecified atom stereocenters. The normalized spacial score (nSPS) is 22.8. The number of rotatable bonds is 6. The average Bonchev–Trinajstić information content (AvgIpc) is 3.19. The monoisotopic (exact) mass is 474 g/mol. The minimum Gasteiger partial charge on any atom is -0.424 e. The molecule has 1 heterocycles. The van der Waals surface area contributed by atoms with Crippen molar-refractivity contribution in [3.05, 3.63) is 107 Å². The molecule has 1 aliphatic heterocycles. The smallest absolute Gasteiger partial charge is 0.424 e. The quantitative estimate of drug-likeness (QED) is 0.449. The first-order valence-electron chi connectivity index (χ1n) is 10.5. The molecular weight excluding hydrogens is 453 g/mol. The van der Waals surface area contributed by atoms with Gasteiger partial charge in [0.1, 0.15) is 0 Å². The number of carbonyl (C=O) groups excluding carboxylic acids is 1. The van der Waals surface area contributed by atoms with Crippen molar-refractivity contribution >= 4 is 17.6 Å². The number of benzene rings is 3. The fraction of sp³-hybridized carbons (Fsp3) is 0.240. The van der Waals surface area contributed by atoms with Gasteiger partial charge in [0.15, 0.2) is 0 Å². The van der Waals surface area contributed by atoms with Crippen LogP contribution in [0.15, 0.2) is 84.9 Å². The molecule has 0 radical (unpaired) electrons. The van der Waals surface area contributed by atoms with Crippen molar-refractivity contribution in [3.8, 4) is 0 Å². The standard InChI is InChI=1S/C25H22ClF3N2O2/c26-20-14-8-7-9-17(20)15-16-24(33-23(32)25(27,28)29)30-21(18-10-3-1-4-11-18)22(31-24)19-12-5-2-6-13-19/h1-14,21-22,30-31H,15-16H2. The Morgan fingerprint density at radius 1 is 0.848 bits per heavy atom. The Labute approximate surface area is 194 Å². The van der Waals surface area contributed by atoms with Gasteiger partial charge in [-0.25, -0.2) is 4.79 Å². The fourth-order valence-corrected chi connectivity index (χ4v) is 4.30. The SMILES string of the molecule is O=C(OC1(CCc2ccccc2Cl)NC(c2ccccc2)C(c2ccccc2)N1)C(F)(F)F. The van der Waals surface area contributed by atoms with Crippen LogP contribution >= 0.6 is 11.6 Å². The van der Waals surface area contributed by atoms with Gasteiger partial charge in [0.25, 0.3) is 0 Å². The molecule has 3 aromatic carbocycles. The summed E-state index contributed by atoms with van der Waals surface area (Å²) in [6, 6.07) is 24.8. The zero-order valence-electron chi connectivity index (χ0n) is 17.5. The van der Waals surface area contributed by atoms with Gasteiger partial charge in [-0.1, -0.05) is 90.5 Å². The first-order chi connectivity index (χ1) is 15.8. The molecule has 8 heteroatoms. The Kier molecular flexibility index (Phi) is 6.74. The second-order valence-corrected chi connectivity index (χ2v) is 8.28. The van der Waals surface area contributed by atoms with Crippen LogP contribution in [0.25, 0.3) is 0 Å². The lowest BCUT2D eigenvalue weighted by Crippen LogP contribution is -2.55. The van der Waals surface area contributed by atoms with E-state index in [0.29, 0.717) is 5.02 Å². The van der Waals surface area contributed by atoms with Crippen molar-refractivity contribution in [3.63, 3.8) is 0 Å². The Bertz CT molecular complexity index is 1050. The van der Waals surface area contributed by atoms with Crippen LogP contribution in [0, 0.1) is 0 Å².